The second-order valence-electron chi connectivity index (χ2n) is 20.7. The highest BCUT2D eigenvalue weighted by Gasteiger charge is 2.20. The van der Waals surface area contributed by atoms with E-state index in [1.807, 2.05) is 13.0 Å². The van der Waals surface area contributed by atoms with Gasteiger partial charge in [-0.1, -0.05) is 212 Å². The highest BCUT2D eigenvalue weighted by molar-refractivity contribution is 7.24. The summed E-state index contributed by atoms with van der Waals surface area (Å²) < 4.78 is 13.3. The predicted octanol–water partition coefficient (Wildman–Crippen LogP) is 22.2. The lowest BCUT2D eigenvalue weighted by Crippen LogP contribution is -2.09. The molecule has 0 fully saturated rings. The molecule has 0 radical (unpaired) electrons. The first-order valence-corrected chi connectivity index (χ1v) is 29.3. The van der Waals surface area contributed by atoms with E-state index in [1.54, 1.807) is 0 Å². The standard InChI is InChI=1S/C78H62N3OP/c1-2-22-78(83-82)77-57-65(61-45-51-76(52-46-61)81(72-33-17-7-18-34-72)73-35-19-8-20-36-73)39-40-66(77)56-67-55-64(60-43-49-75(50-44-60)80(70-29-13-5-14-30-70)71-31-15-6-16-32-71)38-37-63(67)54-58-23-21-24-62(53-58)59-41-47-74(48-42-59)79(68-25-9-3-10-26-68)69-27-11-4-12-28-69/h2-53,55,57,78H,54,56H2,1H3/b22-2-. The second kappa shape index (κ2) is 25.6. The quantitative estimate of drug-likeness (QED) is 0.0596. The van der Waals surface area contributed by atoms with Gasteiger partial charge in [0.05, 0.1) is 5.66 Å². The van der Waals surface area contributed by atoms with Gasteiger partial charge in [0.25, 0.3) is 0 Å². The molecular weight excluding hydrogens is 1030 g/mol. The van der Waals surface area contributed by atoms with Gasteiger partial charge in [0.2, 0.25) is 0 Å². The van der Waals surface area contributed by atoms with Gasteiger partial charge in [-0.2, -0.15) is 0 Å². The third-order valence-electron chi connectivity index (χ3n) is 15.3. The van der Waals surface area contributed by atoms with Crippen LogP contribution in [0.1, 0.15) is 40.4 Å². The van der Waals surface area contributed by atoms with Gasteiger partial charge in [-0.05, 0) is 196 Å². The summed E-state index contributed by atoms with van der Waals surface area (Å²) in [5, 5.41) is 0. The average molecular weight is 1090 g/mol. The van der Waals surface area contributed by atoms with Crippen molar-refractivity contribution in [2.24, 2.45) is 0 Å². The van der Waals surface area contributed by atoms with E-state index in [0.717, 1.165) is 96.6 Å². The van der Waals surface area contributed by atoms with E-state index in [4.69, 9.17) is 0 Å². The van der Waals surface area contributed by atoms with Crippen molar-refractivity contribution < 1.29 is 4.57 Å². The van der Waals surface area contributed by atoms with Gasteiger partial charge in [0.15, 0.2) is 8.46 Å². The largest absolute Gasteiger partial charge is 0.311 e. The summed E-state index contributed by atoms with van der Waals surface area (Å²) in [6.07, 6.45) is 5.46. The molecule has 12 aromatic carbocycles. The Morgan fingerprint density at radius 1 is 0.301 bits per heavy atom. The molecule has 0 aliphatic carbocycles. The van der Waals surface area contributed by atoms with E-state index in [2.05, 4.69) is 336 Å². The molecule has 5 heteroatoms. The van der Waals surface area contributed by atoms with Gasteiger partial charge >= 0.3 is 0 Å². The Balaban J connectivity index is 0.896. The Morgan fingerprint density at radius 3 is 0.988 bits per heavy atom. The van der Waals surface area contributed by atoms with Crippen molar-refractivity contribution in [1.29, 1.82) is 0 Å². The Bertz CT molecular complexity index is 3970. The van der Waals surface area contributed by atoms with Crippen LogP contribution in [0.5, 0.6) is 0 Å². The fourth-order valence-electron chi connectivity index (χ4n) is 11.2. The van der Waals surface area contributed by atoms with Crippen molar-refractivity contribution in [2.75, 3.05) is 14.7 Å². The SMILES string of the molecule is C/C=C\C(P=O)c1cc(-c2ccc(N(c3ccccc3)c3ccccc3)cc2)ccc1Cc1cc(-c2ccc(N(c3ccccc3)c3ccccc3)cc2)ccc1Cc1cccc(-c2ccc(N(c3ccccc3)c3ccccc3)cc2)c1. The number of benzene rings is 12. The van der Waals surface area contributed by atoms with E-state index >= 15 is 0 Å². The lowest BCUT2D eigenvalue weighted by atomic mass is 9.88. The molecule has 0 bridgehead atoms. The van der Waals surface area contributed by atoms with Gasteiger partial charge < -0.3 is 14.7 Å². The minimum Gasteiger partial charge on any atom is -0.311 e. The maximum absolute atomic E-state index is 13.3. The molecule has 0 saturated heterocycles. The molecule has 1 unspecified atom stereocenters. The molecular formula is C78H62N3OP. The first-order valence-electron chi connectivity index (χ1n) is 28.4. The summed E-state index contributed by atoms with van der Waals surface area (Å²) in [5.74, 6) is 0. The van der Waals surface area contributed by atoms with E-state index in [-0.39, 0.29) is 14.1 Å². The minimum atomic E-state index is -0.326. The maximum atomic E-state index is 13.3. The van der Waals surface area contributed by atoms with Crippen LogP contribution in [-0.2, 0) is 17.4 Å². The Morgan fingerprint density at radius 2 is 0.627 bits per heavy atom. The van der Waals surface area contributed by atoms with Crippen molar-refractivity contribution in [3.8, 4) is 33.4 Å². The third kappa shape index (κ3) is 12.3. The van der Waals surface area contributed by atoms with E-state index in [9.17, 15) is 4.57 Å². The first-order chi connectivity index (χ1) is 41.1. The molecule has 83 heavy (non-hydrogen) atoms. The minimum absolute atomic E-state index is 0.0417. The number of hydrogen-bond acceptors (Lipinski definition) is 4. The normalized spacial score (nSPS) is 11.6. The molecule has 0 heterocycles. The molecule has 400 valence electrons. The van der Waals surface area contributed by atoms with Crippen LogP contribution in [-0.4, -0.2) is 0 Å². The van der Waals surface area contributed by atoms with E-state index in [0.29, 0.717) is 6.42 Å². The highest BCUT2D eigenvalue weighted by atomic mass is 31.1. The van der Waals surface area contributed by atoms with Crippen molar-refractivity contribution in [3.63, 3.8) is 0 Å². The smallest absolute Gasteiger partial charge is 0.167 e. The molecule has 12 aromatic rings. The van der Waals surface area contributed by atoms with Crippen LogP contribution >= 0.6 is 8.46 Å². The summed E-state index contributed by atoms with van der Waals surface area (Å²) in [6.45, 7) is 2.00. The Labute approximate surface area is 490 Å². The molecule has 0 aliphatic rings. The van der Waals surface area contributed by atoms with Gasteiger partial charge in [-0.25, -0.2) is 0 Å². The lowest BCUT2D eigenvalue weighted by molar-refractivity contribution is 0.595. The molecule has 0 aromatic heterocycles. The second-order valence-corrected chi connectivity index (χ2v) is 21.5. The maximum Gasteiger partial charge on any atom is 0.167 e. The number of rotatable bonds is 19. The van der Waals surface area contributed by atoms with Crippen LogP contribution in [0, 0.1) is 0 Å². The van der Waals surface area contributed by atoms with Crippen molar-refractivity contribution >= 4 is 59.6 Å². The van der Waals surface area contributed by atoms with Crippen LogP contribution in [0.4, 0.5) is 51.2 Å². The summed E-state index contributed by atoms with van der Waals surface area (Å²) in [6, 6.07) is 112. The number of hydrogen-bond donors (Lipinski definition) is 0. The van der Waals surface area contributed by atoms with E-state index < -0.39 is 0 Å². The van der Waals surface area contributed by atoms with Crippen molar-refractivity contribution in [3.05, 3.63) is 355 Å². The Kier molecular flexibility index (Phi) is 16.5. The summed E-state index contributed by atoms with van der Waals surface area (Å²) in [5.41, 5.74) is 22.2. The van der Waals surface area contributed by atoms with Gasteiger partial charge in [-0.3, -0.25) is 4.57 Å². The average Bonchev–Trinajstić information content (AvgIpc) is 3.59. The molecule has 0 N–H and O–H groups in total. The number of para-hydroxylation sites is 6. The monoisotopic (exact) mass is 1090 g/mol. The van der Waals surface area contributed by atoms with Gasteiger partial charge in [-0.15, -0.1) is 0 Å². The van der Waals surface area contributed by atoms with Crippen LogP contribution in [0.2, 0.25) is 0 Å². The third-order valence-corrected chi connectivity index (χ3v) is 16.0. The van der Waals surface area contributed by atoms with E-state index in [1.165, 1.54) is 22.3 Å². The number of allylic oxidation sites excluding steroid dienone is 2. The molecule has 4 nitrogen and oxygen atoms in total. The molecule has 12 rings (SSSR count). The van der Waals surface area contributed by atoms with Crippen molar-refractivity contribution in [2.45, 2.75) is 25.4 Å². The summed E-state index contributed by atoms with van der Waals surface area (Å²) in [7, 11) is 0.0417. The van der Waals surface area contributed by atoms with Crippen LogP contribution < -0.4 is 14.7 Å². The summed E-state index contributed by atoms with van der Waals surface area (Å²) in [4.78, 5) is 6.87. The predicted molar refractivity (Wildman–Crippen MR) is 350 cm³/mol. The zero-order chi connectivity index (χ0) is 56.2. The zero-order valence-electron chi connectivity index (χ0n) is 46.4. The molecule has 0 spiro atoms. The first kappa shape index (κ1) is 53.5. The Hall–Kier alpha value is -10.1. The van der Waals surface area contributed by atoms with Crippen LogP contribution in [0.15, 0.2) is 328 Å². The lowest BCUT2D eigenvalue weighted by Gasteiger charge is -2.25. The number of nitrogens with zero attached hydrogens (tertiary/aromatic N) is 3. The zero-order valence-corrected chi connectivity index (χ0v) is 47.3. The summed E-state index contributed by atoms with van der Waals surface area (Å²) >= 11 is 0. The fraction of sp³-hybridized carbons (Fsp3) is 0.0513. The van der Waals surface area contributed by atoms with Crippen molar-refractivity contribution in [1.82, 2.24) is 0 Å². The molecule has 0 amide bonds. The molecule has 0 saturated carbocycles. The number of anilines is 9. The van der Waals surface area contributed by atoms with Crippen LogP contribution in [0.25, 0.3) is 33.4 Å². The fourth-order valence-corrected chi connectivity index (χ4v) is 11.8. The highest BCUT2D eigenvalue weighted by Crippen LogP contribution is 2.41. The molecule has 1 atom stereocenters. The van der Waals surface area contributed by atoms with Gasteiger partial charge in [0, 0.05) is 51.2 Å². The van der Waals surface area contributed by atoms with Gasteiger partial charge in [0.1, 0.15) is 0 Å². The molecule has 0 aliphatic heterocycles. The topological polar surface area (TPSA) is 26.8 Å². The van der Waals surface area contributed by atoms with Crippen LogP contribution in [0.3, 0.4) is 0 Å².